The van der Waals surface area contributed by atoms with Gasteiger partial charge in [0.1, 0.15) is 17.6 Å². The molecule has 3 atom stereocenters. The Labute approximate surface area is 169 Å². The van der Waals surface area contributed by atoms with Crippen LogP contribution in [0.5, 0.6) is 11.5 Å². The van der Waals surface area contributed by atoms with Crippen molar-refractivity contribution in [2.75, 3.05) is 7.11 Å². The van der Waals surface area contributed by atoms with Gasteiger partial charge in [0, 0.05) is 6.42 Å². The maximum absolute atomic E-state index is 12.5. The number of carbonyl (C=O) groups is 1. The van der Waals surface area contributed by atoms with Gasteiger partial charge < -0.3 is 14.6 Å². The van der Waals surface area contributed by atoms with E-state index in [2.05, 4.69) is 12.1 Å². The number of methoxy groups -OCH3 is 1. The van der Waals surface area contributed by atoms with Crippen molar-refractivity contribution >= 4 is 5.97 Å². The molecule has 29 heavy (non-hydrogen) atoms. The van der Waals surface area contributed by atoms with Gasteiger partial charge in [0.05, 0.1) is 18.4 Å². The van der Waals surface area contributed by atoms with Crippen molar-refractivity contribution < 1.29 is 19.4 Å². The van der Waals surface area contributed by atoms with Crippen molar-refractivity contribution in [3.63, 3.8) is 0 Å². The fraction of sp³-hybridized carbons (Fsp3) is 0.240. The van der Waals surface area contributed by atoms with Crippen molar-refractivity contribution in [1.29, 1.82) is 0 Å². The average Bonchev–Trinajstić information content (AvgIpc) is 3.34. The zero-order valence-electron chi connectivity index (χ0n) is 16.2. The number of ether oxygens (including phenoxy) is 2. The molecule has 2 aliphatic rings. The highest BCUT2D eigenvalue weighted by Crippen LogP contribution is 2.54. The normalized spacial score (nSPS) is 24.4. The zero-order valence-corrected chi connectivity index (χ0v) is 16.2. The minimum atomic E-state index is -0.795. The molecule has 3 aromatic rings. The van der Waals surface area contributed by atoms with Gasteiger partial charge in [0.25, 0.3) is 0 Å². The van der Waals surface area contributed by atoms with E-state index in [1.807, 2.05) is 60.7 Å². The lowest BCUT2D eigenvalue weighted by Crippen LogP contribution is -2.49. The van der Waals surface area contributed by atoms with Crippen LogP contribution in [0.15, 0.2) is 72.8 Å². The van der Waals surface area contributed by atoms with E-state index in [-0.39, 0.29) is 6.10 Å². The summed E-state index contributed by atoms with van der Waals surface area (Å²) in [5.74, 6) is 0.195. The molecule has 0 fully saturated rings. The van der Waals surface area contributed by atoms with Crippen LogP contribution in [0, 0.1) is 5.92 Å². The van der Waals surface area contributed by atoms with E-state index >= 15 is 0 Å². The summed E-state index contributed by atoms with van der Waals surface area (Å²) in [6, 6.07) is 23.8. The number of carboxylic acid groups (broad SMARTS) is 1. The summed E-state index contributed by atoms with van der Waals surface area (Å²) in [4.78, 5) is 12.5. The molecule has 1 heterocycles. The summed E-state index contributed by atoms with van der Waals surface area (Å²) < 4.78 is 11.8. The Kier molecular flexibility index (Phi) is 4.09. The number of hydrogen-bond donors (Lipinski definition) is 1. The van der Waals surface area contributed by atoms with Gasteiger partial charge in [0.15, 0.2) is 0 Å². The molecule has 4 nitrogen and oxygen atoms in total. The van der Waals surface area contributed by atoms with Crippen LogP contribution in [0.25, 0.3) is 0 Å². The second-order valence-electron chi connectivity index (χ2n) is 7.77. The van der Waals surface area contributed by atoms with Crippen LogP contribution in [0.4, 0.5) is 0 Å². The average molecular weight is 386 g/mol. The van der Waals surface area contributed by atoms with E-state index in [0.29, 0.717) is 12.8 Å². The van der Waals surface area contributed by atoms with Gasteiger partial charge in [-0.2, -0.15) is 0 Å². The molecule has 0 saturated heterocycles. The summed E-state index contributed by atoms with van der Waals surface area (Å²) in [5.41, 5.74) is 3.44. The van der Waals surface area contributed by atoms with E-state index in [1.165, 1.54) is 0 Å². The monoisotopic (exact) mass is 386 g/mol. The van der Waals surface area contributed by atoms with Gasteiger partial charge in [0.2, 0.25) is 0 Å². The summed E-state index contributed by atoms with van der Waals surface area (Å²) >= 11 is 0. The highest BCUT2D eigenvalue weighted by molar-refractivity contribution is 5.77. The Morgan fingerprint density at radius 3 is 2.34 bits per heavy atom. The molecule has 4 heteroatoms. The molecule has 3 unspecified atom stereocenters. The standard InChI is InChI=1S/C25H22O4/c1-28-19-12-10-18(11-13-19)25(23-15-17-7-3-5-9-22(17)29-23)20-8-4-2-6-16(20)14-21(25)24(26)27/h2-13,21,23H,14-15H2,1H3,(H,26,27). The number of rotatable bonds is 4. The summed E-state index contributed by atoms with van der Waals surface area (Å²) in [7, 11) is 1.63. The molecule has 0 amide bonds. The predicted octanol–water partition coefficient (Wildman–Crippen LogP) is 4.24. The van der Waals surface area contributed by atoms with Crippen molar-refractivity contribution in [1.82, 2.24) is 0 Å². The Morgan fingerprint density at radius 1 is 0.966 bits per heavy atom. The molecule has 0 spiro atoms. The summed E-state index contributed by atoms with van der Waals surface area (Å²) in [6.45, 7) is 0. The van der Waals surface area contributed by atoms with Crippen LogP contribution in [0.1, 0.15) is 22.3 Å². The first kappa shape index (κ1) is 17.8. The fourth-order valence-electron chi connectivity index (χ4n) is 5.20. The van der Waals surface area contributed by atoms with Gasteiger partial charge in [-0.05, 0) is 46.9 Å². The molecule has 146 valence electrons. The lowest BCUT2D eigenvalue weighted by atomic mass is 9.65. The highest BCUT2D eigenvalue weighted by atomic mass is 16.5. The number of carboxylic acids is 1. The first-order chi connectivity index (χ1) is 14.1. The molecule has 3 aromatic carbocycles. The third-order valence-corrected chi connectivity index (χ3v) is 6.46. The molecular weight excluding hydrogens is 364 g/mol. The topological polar surface area (TPSA) is 55.8 Å². The van der Waals surface area contributed by atoms with Crippen LogP contribution >= 0.6 is 0 Å². The Balaban J connectivity index is 1.74. The molecule has 0 aromatic heterocycles. The van der Waals surface area contributed by atoms with Gasteiger partial charge in [-0.25, -0.2) is 0 Å². The zero-order chi connectivity index (χ0) is 20.0. The molecule has 1 N–H and O–H groups in total. The van der Waals surface area contributed by atoms with E-state index in [4.69, 9.17) is 9.47 Å². The van der Waals surface area contributed by atoms with E-state index in [1.54, 1.807) is 7.11 Å². The molecule has 0 radical (unpaired) electrons. The minimum absolute atomic E-state index is 0.293. The largest absolute Gasteiger partial charge is 0.497 e. The number of benzene rings is 3. The van der Waals surface area contributed by atoms with Crippen LogP contribution < -0.4 is 9.47 Å². The van der Waals surface area contributed by atoms with Crippen LogP contribution in [0.2, 0.25) is 0 Å². The summed E-state index contributed by atoms with van der Waals surface area (Å²) in [5, 5.41) is 10.3. The SMILES string of the molecule is COc1ccc(C2(C3Cc4ccccc4O3)c3ccccc3CC2C(=O)O)cc1. The second kappa shape index (κ2) is 6.66. The van der Waals surface area contributed by atoms with Crippen LogP contribution in [0.3, 0.4) is 0 Å². The highest BCUT2D eigenvalue weighted by Gasteiger charge is 2.58. The Morgan fingerprint density at radius 2 is 1.66 bits per heavy atom. The smallest absolute Gasteiger partial charge is 0.308 e. The summed E-state index contributed by atoms with van der Waals surface area (Å²) in [6.07, 6.45) is 0.881. The van der Waals surface area contributed by atoms with Crippen molar-refractivity contribution in [3.05, 3.63) is 95.1 Å². The van der Waals surface area contributed by atoms with Crippen LogP contribution in [-0.2, 0) is 23.1 Å². The molecule has 1 aliphatic heterocycles. The predicted molar refractivity (Wildman–Crippen MR) is 110 cm³/mol. The molecule has 0 saturated carbocycles. The van der Waals surface area contributed by atoms with Gasteiger partial charge in [-0.15, -0.1) is 0 Å². The lowest BCUT2D eigenvalue weighted by Gasteiger charge is -2.40. The second-order valence-corrected chi connectivity index (χ2v) is 7.77. The van der Waals surface area contributed by atoms with Crippen molar-refractivity contribution in [2.24, 2.45) is 5.92 Å². The third kappa shape index (κ3) is 2.55. The van der Waals surface area contributed by atoms with E-state index in [9.17, 15) is 9.90 Å². The van der Waals surface area contributed by atoms with Crippen molar-refractivity contribution in [2.45, 2.75) is 24.4 Å². The number of hydrogen-bond acceptors (Lipinski definition) is 3. The number of fused-ring (bicyclic) bond motifs is 2. The maximum atomic E-state index is 12.5. The molecule has 5 rings (SSSR count). The first-order valence-electron chi connectivity index (χ1n) is 9.85. The Hall–Kier alpha value is -3.27. The van der Waals surface area contributed by atoms with Crippen LogP contribution in [-0.4, -0.2) is 24.3 Å². The molecule has 0 bridgehead atoms. The number of para-hydroxylation sites is 1. The van der Waals surface area contributed by atoms with E-state index < -0.39 is 17.3 Å². The first-order valence-corrected chi connectivity index (χ1v) is 9.85. The lowest BCUT2D eigenvalue weighted by molar-refractivity contribution is -0.144. The third-order valence-electron chi connectivity index (χ3n) is 6.46. The maximum Gasteiger partial charge on any atom is 0.308 e. The van der Waals surface area contributed by atoms with Gasteiger partial charge >= 0.3 is 5.97 Å². The minimum Gasteiger partial charge on any atom is -0.497 e. The van der Waals surface area contributed by atoms with E-state index in [0.717, 1.165) is 33.8 Å². The molecule has 1 aliphatic carbocycles. The number of aliphatic carboxylic acids is 1. The fourth-order valence-corrected chi connectivity index (χ4v) is 5.20. The van der Waals surface area contributed by atoms with Crippen molar-refractivity contribution in [3.8, 4) is 11.5 Å². The van der Waals surface area contributed by atoms with Gasteiger partial charge in [-0.3, -0.25) is 4.79 Å². The van der Waals surface area contributed by atoms with Gasteiger partial charge in [-0.1, -0.05) is 54.6 Å². The Bertz CT molecular complexity index is 1050. The molecular formula is C25H22O4. The quantitative estimate of drug-likeness (QED) is 0.729.